The molecule has 0 spiro atoms. The quantitative estimate of drug-likeness (QED) is 0.176. The van der Waals surface area contributed by atoms with E-state index in [0.29, 0.717) is 28.8 Å². The van der Waals surface area contributed by atoms with Gasteiger partial charge < -0.3 is 24.7 Å². The van der Waals surface area contributed by atoms with E-state index in [9.17, 15) is 14.9 Å². The van der Waals surface area contributed by atoms with Gasteiger partial charge in [0.2, 0.25) is 11.8 Å². The molecule has 47 heavy (non-hydrogen) atoms. The van der Waals surface area contributed by atoms with Gasteiger partial charge in [-0.05, 0) is 35.4 Å². The van der Waals surface area contributed by atoms with Gasteiger partial charge in [-0.25, -0.2) is 9.59 Å². The number of hydrogen-bond acceptors (Lipinski definition) is 12. The highest BCUT2D eigenvalue weighted by atomic mass is 32.2. The van der Waals surface area contributed by atoms with Crippen molar-refractivity contribution in [3.63, 3.8) is 0 Å². The summed E-state index contributed by atoms with van der Waals surface area (Å²) in [6.45, 7) is 0. The summed E-state index contributed by atoms with van der Waals surface area (Å²) in [6.07, 6.45) is 0. The second-order valence-corrected chi connectivity index (χ2v) is 11.2. The Hall–Kier alpha value is -5.80. The number of rotatable bonds is 10. The van der Waals surface area contributed by atoms with Crippen LogP contribution in [0.15, 0.2) is 119 Å². The number of benzene rings is 3. The molecule has 0 radical (unpaired) electrons. The lowest BCUT2D eigenvalue weighted by Gasteiger charge is -2.36. The van der Waals surface area contributed by atoms with Gasteiger partial charge in [0.15, 0.2) is 5.82 Å². The number of aromatic nitrogens is 2. The number of nitrogens with zero attached hydrogens (tertiary/aromatic N) is 4. The Balaban J connectivity index is 1.60. The van der Waals surface area contributed by atoms with Crippen LogP contribution in [-0.2, 0) is 19.1 Å². The monoisotopic (exact) mass is 649 g/mol. The third-order valence-electron chi connectivity index (χ3n) is 7.41. The molecule has 0 saturated heterocycles. The fraction of sp³-hybridized carbons (Fsp3) is 0.171. The Kier molecular flexibility index (Phi) is 10.1. The minimum atomic E-state index is -0.958. The first-order chi connectivity index (χ1) is 22.8. The summed E-state index contributed by atoms with van der Waals surface area (Å²) in [7, 11) is 5.47. The Labute approximate surface area is 276 Å². The Bertz CT molecular complexity index is 1850. The summed E-state index contributed by atoms with van der Waals surface area (Å²) in [5.74, 6) is -1.39. The highest BCUT2D eigenvalue weighted by Crippen LogP contribution is 2.45. The van der Waals surface area contributed by atoms with Gasteiger partial charge in [0.1, 0.15) is 11.5 Å². The molecule has 1 aliphatic heterocycles. The van der Waals surface area contributed by atoms with E-state index in [-0.39, 0.29) is 27.9 Å². The van der Waals surface area contributed by atoms with E-state index in [1.807, 2.05) is 42.5 Å². The van der Waals surface area contributed by atoms with Crippen LogP contribution < -0.4 is 20.1 Å². The van der Waals surface area contributed by atoms with Crippen LogP contribution >= 0.6 is 11.8 Å². The number of methoxy groups -OCH3 is 4. The Morgan fingerprint density at radius 2 is 1.43 bits per heavy atom. The highest BCUT2D eigenvalue weighted by molar-refractivity contribution is 7.99. The van der Waals surface area contributed by atoms with Crippen molar-refractivity contribution in [3.05, 3.63) is 131 Å². The summed E-state index contributed by atoms with van der Waals surface area (Å²) in [5.41, 5.74) is 8.47. The van der Waals surface area contributed by atoms with Gasteiger partial charge in [-0.2, -0.15) is 15.2 Å². The fourth-order valence-corrected chi connectivity index (χ4v) is 6.31. The molecule has 2 unspecified atom stereocenters. The molecule has 4 aromatic rings. The molecule has 0 fully saturated rings. The number of nitrogens with two attached hydrogens (primary N) is 1. The van der Waals surface area contributed by atoms with Gasteiger partial charge in [-0.3, -0.25) is 4.90 Å². The average Bonchev–Trinajstić information content (AvgIpc) is 3.13. The zero-order valence-corrected chi connectivity index (χ0v) is 26.9. The second-order valence-electron chi connectivity index (χ2n) is 10.0. The number of carbonyl (C=O) groups is 2. The number of thioether (sulfide) groups is 1. The lowest BCUT2D eigenvalue weighted by atomic mass is 9.81. The summed E-state index contributed by atoms with van der Waals surface area (Å²) in [6, 6.07) is 29.5. The molecule has 1 aliphatic rings. The van der Waals surface area contributed by atoms with Crippen LogP contribution in [0.4, 0.5) is 5.69 Å². The fourth-order valence-electron chi connectivity index (χ4n) is 5.24. The van der Waals surface area contributed by atoms with Crippen LogP contribution in [0.25, 0.3) is 0 Å². The first kappa shape index (κ1) is 32.6. The summed E-state index contributed by atoms with van der Waals surface area (Å²) < 4.78 is 21.0. The topological polar surface area (TPSA) is 150 Å². The third-order valence-corrected chi connectivity index (χ3v) is 8.67. The molecule has 238 valence electrons. The first-order valence-corrected chi connectivity index (χ1v) is 15.2. The van der Waals surface area contributed by atoms with E-state index in [1.54, 1.807) is 48.5 Å². The van der Waals surface area contributed by atoms with Crippen molar-refractivity contribution < 1.29 is 28.5 Å². The summed E-state index contributed by atoms with van der Waals surface area (Å²) in [5, 5.41) is 9.96. The van der Waals surface area contributed by atoms with E-state index >= 15 is 0 Å². The average molecular weight is 650 g/mol. The maximum atomic E-state index is 13.4. The lowest BCUT2D eigenvalue weighted by Crippen LogP contribution is -2.40. The molecule has 12 heteroatoms. The van der Waals surface area contributed by atoms with Crippen LogP contribution in [0.2, 0.25) is 0 Å². The zero-order valence-electron chi connectivity index (χ0n) is 26.0. The van der Waals surface area contributed by atoms with Gasteiger partial charge in [-0.1, -0.05) is 60.7 Å². The molecule has 1 aromatic heterocycles. The molecule has 5 rings (SSSR count). The van der Waals surface area contributed by atoms with Crippen molar-refractivity contribution in [2.24, 2.45) is 5.73 Å². The largest absolute Gasteiger partial charge is 0.481 e. The maximum absolute atomic E-state index is 13.4. The molecule has 2 N–H and O–H groups in total. The van der Waals surface area contributed by atoms with Gasteiger partial charge in [0.25, 0.3) is 0 Å². The predicted molar refractivity (Wildman–Crippen MR) is 175 cm³/mol. The van der Waals surface area contributed by atoms with Crippen molar-refractivity contribution in [1.29, 1.82) is 5.26 Å². The number of anilines is 1. The van der Waals surface area contributed by atoms with Gasteiger partial charge in [0.05, 0.1) is 62.9 Å². The number of esters is 2. The molecule has 0 amide bonds. The number of hydrogen-bond donors (Lipinski definition) is 1. The smallest absolute Gasteiger partial charge is 0.355 e. The molecular formula is C35H31N5O6S. The molecule has 0 bridgehead atoms. The van der Waals surface area contributed by atoms with E-state index in [2.05, 4.69) is 16.0 Å². The van der Waals surface area contributed by atoms with E-state index in [1.165, 1.54) is 45.1 Å². The maximum Gasteiger partial charge on any atom is 0.355 e. The van der Waals surface area contributed by atoms with Gasteiger partial charge in [0, 0.05) is 10.6 Å². The summed E-state index contributed by atoms with van der Waals surface area (Å²) >= 11 is 1.48. The van der Waals surface area contributed by atoms with Crippen molar-refractivity contribution >= 4 is 29.4 Å². The predicted octanol–water partition coefficient (Wildman–Crippen LogP) is 5.27. The lowest BCUT2D eigenvalue weighted by molar-refractivity contribution is -0.139. The SMILES string of the molecule is COC(=O)C1=C(C(=O)OC)N(c2ccc(SC(c3ccccc3)c3nc(OC)cc(OC)n3)cc2)C(N)=C(C#N)C1c1ccccc1. The van der Waals surface area contributed by atoms with Crippen molar-refractivity contribution in [2.75, 3.05) is 33.3 Å². The summed E-state index contributed by atoms with van der Waals surface area (Å²) in [4.78, 5) is 38.1. The number of carbonyl (C=O) groups excluding carboxylic acids is 2. The van der Waals surface area contributed by atoms with Crippen LogP contribution in [0.1, 0.15) is 28.1 Å². The van der Waals surface area contributed by atoms with Gasteiger partial charge >= 0.3 is 11.9 Å². The molecule has 11 nitrogen and oxygen atoms in total. The van der Waals surface area contributed by atoms with Crippen molar-refractivity contribution in [1.82, 2.24) is 9.97 Å². The minimum absolute atomic E-state index is 0.0196. The number of allylic oxidation sites excluding steroid dienone is 1. The van der Waals surface area contributed by atoms with Crippen molar-refractivity contribution in [2.45, 2.75) is 16.1 Å². The molecule has 2 atom stereocenters. The molecule has 0 aliphatic carbocycles. The van der Waals surface area contributed by atoms with E-state index in [0.717, 1.165) is 10.5 Å². The van der Waals surface area contributed by atoms with E-state index in [4.69, 9.17) is 24.7 Å². The second kappa shape index (κ2) is 14.5. The normalized spacial score (nSPS) is 15.0. The molecule has 3 aromatic carbocycles. The number of ether oxygens (including phenoxy) is 4. The van der Waals surface area contributed by atoms with Crippen LogP contribution in [0.3, 0.4) is 0 Å². The Morgan fingerprint density at radius 1 is 0.851 bits per heavy atom. The first-order valence-electron chi connectivity index (χ1n) is 14.3. The third kappa shape index (κ3) is 6.61. The minimum Gasteiger partial charge on any atom is -0.481 e. The Morgan fingerprint density at radius 3 is 1.96 bits per heavy atom. The molecule has 2 heterocycles. The zero-order chi connectivity index (χ0) is 33.5. The van der Waals surface area contributed by atoms with Crippen molar-refractivity contribution in [3.8, 4) is 17.8 Å². The van der Waals surface area contributed by atoms with Crippen LogP contribution in [0, 0.1) is 11.3 Å². The number of nitriles is 1. The molecule has 0 saturated carbocycles. The van der Waals surface area contributed by atoms with Crippen LogP contribution in [-0.4, -0.2) is 50.3 Å². The highest BCUT2D eigenvalue weighted by Gasteiger charge is 2.43. The standard InChI is InChI=1S/C35H31N5O6S/c1-43-26-19-27(44-2)39-33(38-26)31(22-13-9-6-10-14-22)47-24-17-15-23(16-18-24)40-30(35(42)46-4)29(34(41)45-3)28(25(20-36)32(40)37)21-11-7-5-8-12-21/h5-19,28,31H,37H2,1-4H3. The van der Waals surface area contributed by atoms with Crippen LogP contribution in [0.5, 0.6) is 11.8 Å². The van der Waals surface area contributed by atoms with Gasteiger partial charge in [-0.15, -0.1) is 11.8 Å². The van der Waals surface area contributed by atoms with E-state index < -0.39 is 17.9 Å². The molecular weight excluding hydrogens is 618 g/mol.